The van der Waals surface area contributed by atoms with E-state index in [0.717, 1.165) is 49.4 Å². The predicted octanol–water partition coefficient (Wildman–Crippen LogP) is 6.07. The summed E-state index contributed by atoms with van der Waals surface area (Å²) in [6.45, 7) is 7.46. The lowest BCUT2D eigenvalue weighted by Gasteiger charge is -2.27. The molecule has 4 N–H and O–H groups in total. The van der Waals surface area contributed by atoms with Crippen molar-refractivity contribution in [1.29, 1.82) is 0 Å². The molecule has 0 radical (unpaired) electrons. The fourth-order valence-corrected chi connectivity index (χ4v) is 4.86. The molecule has 0 saturated carbocycles. The van der Waals surface area contributed by atoms with E-state index >= 15 is 0 Å². The topological polar surface area (TPSA) is 102 Å². The van der Waals surface area contributed by atoms with Gasteiger partial charge in [-0.2, -0.15) is 0 Å². The minimum Gasteiger partial charge on any atom is -0.384 e. The Morgan fingerprint density at radius 1 is 1.02 bits per heavy atom. The zero-order chi connectivity index (χ0) is 31.0. The molecule has 2 aromatic rings. The van der Waals surface area contributed by atoms with Crippen LogP contribution >= 0.6 is 0 Å². The van der Waals surface area contributed by atoms with E-state index in [1.165, 1.54) is 0 Å². The molecular weight excluding hydrogens is 538 g/mol. The number of carbonyl (C=O) groups is 2. The lowest BCUT2D eigenvalue weighted by molar-refractivity contribution is -0.130. The molecule has 0 aliphatic heterocycles. The number of rotatable bonds is 22. The van der Waals surface area contributed by atoms with Gasteiger partial charge in [0.05, 0.1) is 19.3 Å². The van der Waals surface area contributed by atoms with Gasteiger partial charge >= 0.3 is 0 Å². The normalized spacial score (nSPS) is 14.0. The SMILES string of the molecule is CCCCCCNC(COCc1ccccc1)C(O)C(=O)CCC(C)(C)CCC(=O)CC(N)Cc1cc(F)ccc1F. The molecule has 8 heteroatoms. The number of ketones is 2. The first-order valence-electron chi connectivity index (χ1n) is 15.3. The Balaban J connectivity index is 1.81. The zero-order valence-corrected chi connectivity index (χ0v) is 25.5. The first kappa shape index (κ1) is 35.7. The summed E-state index contributed by atoms with van der Waals surface area (Å²) in [5.41, 5.74) is 6.93. The summed E-state index contributed by atoms with van der Waals surface area (Å²) in [5, 5.41) is 14.3. The number of aliphatic hydroxyl groups is 1. The Hall–Kier alpha value is -2.52. The van der Waals surface area contributed by atoms with Crippen molar-refractivity contribution in [2.24, 2.45) is 11.1 Å². The smallest absolute Gasteiger partial charge is 0.162 e. The number of ether oxygens (including phenoxy) is 1. The van der Waals surface area contributed by atoms with E-state index in [0.29, 0.717) is 26.0 Å². The van der Waals surface area contributed by atoms with Gasteiger partial charge in [-0.25, -0.2) is 8.78 Å². The van der Waals surface area contributed by atoms with Crippen LogP contribution in [0.1, 0.15) is 89.7 Å². The van der Waals surface area contributed by atoms with Gasteiger partial charge in [0.2, 0.25) is 0 Å². The second-order valence-electron chi connectivity index (χ2n) is 12.1. The number of carbonyl (C=O) groups excluding carboxylic acids is 2. The van der Waals surface area contributed by atoms with Gasteiger partial charge < -0.3 is 20.9 Å². The van der Waals surface area contributed by atoms with Crippen LogP contribution in [0.4, 0.5) is 8.78 Å². The fraction of sp³-hybridized carbons (Fsp3) is 0.588. The maximum atomic E-state index is 13.9. The van der Waals surface area contributed by atoms with Crippen LogP contribution in [0, 0.1) is 17.0 Å². The Morgan fingerprint density at radius 2 is 1.74 bits per heavy atom. The second-order valence-corrected chi connectivity index (χ2v) is 12.1. The lowest BCUT2D eigenvalue weighted by Crippen LogP contribution is -2.47. The fourth-order valence-electron chi connectivity index (χ4n) is 4.86. The van der Waals surface area contributed by atoms with Crippen LogP contribution < -0.4 is 11.1 Å². The molecule has 2 aromatic carbocycles. The quantitative estimate of drug-likeness (QED) is 0.145. The summed E-state index contributed by atoms with van der Waals surface area (Å²) in [4.78, 5) is 25.6. The molecule has 3 unspecified atom stereocenters. The molecule has 3 atom stereocenters. The molecule has 0 fully saturated rings. The van der Waals surface area contributed by atoms with Crippen LogP contribution in [-0.4, -0.2) is 48.0 Å². The van der Waals surface area contributed by atoms with Crippen molar-refractivity contribution in [2.45, 2.75) is 110 Å². The van der Waals surface area contributed by atoms with E-state index in [1.54, 1.807) is 0 Å². The number of nitrogens with two attached hydrogens (primary N) is 1. The summed E-state index contributed by atoms with van der Waals surface area (Å²) < 4.78 is 33.2. The molecule has 0 spiro atoms. The third-order valence-electron chi connectivity index (χ3n) is 7.67. The third-order valence-corrected chi connectivity index (χ3v) is 7.67. The van der Waals surface area contributed by atoms with Gasteiger partial charge in [0.1, 0.15) is 23.5 Å². The molecule has 0 heterocycles. The van der Waals surface area contributed by atoms with Gasteiger partial charge in [0, 0.05) is 25.3 Å². The van der Waals surface area contributed by atoms with Gasteiger partial charge in [-0.1, -0.05) is 70.4 Å². The number of aliphatic hydroxyl groups excluding tert-OH is 1. The molecule has 2 rings (SSSR count). The monoisotopic (exact) mass is 588 g/mol. The summed E-state index contributed by atoms with van der Waals surface area (Å²) in [6, 6.07) is 11.9. The highest BCUT2D eigenvalue weighted by Crippen LogP contribution is 2.29. The maximum absolute atomic E-state index is 13.9. The summed E-state index contributed by atoms with van der Waals surface area (Å²) >= 11 is 0. The third kappa shape index (κ3) is 14.1. The minimum atomic E-state index is -1.19. The van der Waals surface area contributed by atoms with E-state index < -0.39 is 29.8 Å². The standard InChI is InChI=1S/C34H50F2N2O4/c1-4-5-6-10-19-38-31(24-42-23-25-11-8-7-9-12-25)33(41)32(40)16-18-34(2,3)17-15-29(39)22-28(37)21-26-20-27(35)13-14-30(26)36/h7-9,11-14,20,28,31,33,38,41H,4-6,10,15-19,21-24,37H2,1-3H3. The van der Waals surface area contributed by atoms with Crippen LogP contribution in [0.2, 0.25) is 0 Å². The van der Waals surface area contributed by atoms with E-state index in [1.807, 2.05) is 44.2 Å². The van der Waals surface area contributed by atoms with Crippen LogP contribution in [0.3, 0.4) is 0 Å². The minimum absolute atomic E-state index is 0.0540. The highest BCUT2D eigenvalue weighted by atomic mass is 19.1. The van der Waals surface area contributed by atoms with E-state index in [9.17, 15) is 23.5 Å². The highest BCUT2D eigenvalue weighted by molar-refractivity contribution is 5.83. The molecular formula is C34H50F2N2O4. The predicted molar refractivity (Wildman–Crippen MR) is 163 cm³/mol. The van der Waals surface area contributed by atoms with E-state index in [2.05, 4.69) is 12.2 Å². The van der Waals surface area contributed by atoms with Crippen molar-refractivity contribution in [3.05, 3.63) is 71.3 Å². The van der Waals surface area contributed by atoms with Gasteiger partial charge in [0.15, 0.2) is 5.78 Å². The van der Waals surface area contributed by atoms with Crippen LogP contribution in [0.15, 0.2) is 48.5 Å². The maximum Gasteiger partial charge on any atom is 0.162 e. The van der Waals surface area contributed by atoms with Gasteiger partial charge in [-0.3, -0.25) is 9.59 Å². The van der Waals surface area contributed by atoms with Crippen LogP contribution in [-0.2, 0) is 27.4 Å². The van der Waals surface area contributed by atoms with Gasteiger partial charge in [-0.15, -0.1) is 0 Å². The largest absolute Gasteiger partial charge is 0.384 e. The van der Waals surface area contributed by atoms with Crippen molar-refractivity contribution < 1.29 is 28.2 Å². The summed E-state index contributed by atoms with van der Waals surface area (Å²) in [5.74, 6) is -1.38. The molecule has 6 nitrogen and oxygen atoms in total. The number of hydrogen-bond donors (Lipinski definition) is 3. The van der Waals surface area contributed by atoms with Crippen molar-refractivity contribution >= 4 is 11.6 Å². The van der Waals surface area contributed by atoms with Gasteiger partial charge in [0.25, 0.3) is 0 Å². The average molecular weight is 589 g/mol. The Morgan fingerprint density at radius 3 is 2.45 bits per heavy atom. The van der Waals surface area contributed by atoms with Crippen molar-refractivity contribution in [1.82, 2.24) is 5.32 Å². The number of unbranched alkanes of at least 4 members (excludes halogenated alkanes) is 3. The molecule has 0 aromatic heterocycles. The molecule has 0 saturated heterocycles. The highest BCUT2D eigenvalue weighted by Gasteiger charge is 2.28. The molecule has 0 amide bonds. The number of halogens is 2. The first-order valence-corrected chi connectivity index (χ1v) is 15.3. The van der Waals surface area contributed by atoms with E-state index in [-0.39, 0.29) is 54.8 Å². The molecule has 42 heavy (non-hydrogen) atoms. The van der Waals surface area contributed by atoms with E-state index in [4.69, 9.17) is 10.5 Å². The summed E-state index contributed by atoms with van der Waals surface area (Å²) in [6.07, 6.45) is 4.82. The number of hydrogen-bond acceptors (Lipinski definition) is 6. The van der Waals surface area contributed by atoms with Crippen LogP contribution in [0.25, 0.3) is 0 Å². The Labute approximate surface area is 250 Å². The number of nitrogens with one attached hydrogen (secondary N) is 1. The number of benzene rings is 2. The van der Waals surface area contributed by atoms with Crippen molar-refractivity contribution in [2.75, 3.05) is 13.2 Å². The molecule has 0 aliphatic rings. The summed E-state index contributed by atoms with van der Waals surface area (Å²) in [7, 11) is 0. The first-order chi connectivity index (χ1) is 20.0. The van der Waals surface area contributed by atoms with Crippen molar-refractivity contribution in [3.8, 4) is 0 Å². The lowest BCUT2D eigenvalue weighted by atomic mass is 9.81. The Kier molecular flexibility index (Phi) is 16.1. The number of Topliss-reactive ketones (excluding diaryl/α,β-unsaturated/α-hetero) is 2. The zero-order valence-electron chi connectivity index (χ0n) is 25.5. The molecule has 0 aliphatic carbocycles. The molecule has 0 bridgehead atoms. The molecule has 234 valence electrons. The van der Waals surface area contributed by atoms with Gasteiger partial charge in [-0.05, 0) is 67.0 Å². The average Bonchev–Trinajstić information content (AvgIpc) is 2.96. The van der Waals surface area contributed by atoms with Crippen LogP contribution in [0.5, 0.6) is 0 Å². The van der Waals surface area contributed by atoms with Crippen molar-refractivity contribution in [3.63, 3.8) is 0 Å². The second kappa shape index (κ2) is 18.9. The Bertz CT molecular complexity index is 1080.